The maximum absolute atomic E-state index is 12.4. The zero-order valence-electron chi connectivity index (χ0n) is 16.1. The van der Waals surface area contributed by atoms with Crippen molar-refractivity contribution < 1.29 is 42.2 Å². The van der Waals surface area contributed by atoms with Crippen LogP contribution in [0.4, 0.5) is 5.69 Å². The molecular formula is C16H20N2O10S2. The van der Waals surface area contributed by atoms with Crippen molar-refractivity contribution in [3.63, 3.8) is 0 Å². The van der Waals surface area contributed by atoms with Crippen molar-refractivity contribution in [2.24, 2.45) is 0 Å². The number of carbonyl (C=O) groups excluding carboxylic acids is 3. The molecule has 0 fully saturated rings. The Labute approximate surface area is 175 Å². The molecule has 166 valence electrons. The van der Waals surface area contributed by atoms with E-state index in [0.717, 1.165) is 6.26 Å². The van der Waals surface area contributed by atoms with Crippen LogP contribution in [-0.2, 0) is 28.0 Å². The first-order valence-corrected chi connectivity index (χ1v) is 11.8. The quantitative estimate of drug-likeness (QED) is 0.118. The van der Waals surface area contributed by atoms with E-state index in [1.54, 1.807) is 0 Å². The zero-order chi connectivity index (χ0) is 22.7. The van der Waals surface area contributed by atoms with Gasteiger partial charge in [-0.05, 0) is 35.4 Å². The third-order valence-corrected chi connectivity index (χ3v) is 5.63. The van der Waals surface area contributed by atoms with Gasteiger partial charge in [0.25, 0.3) is 5.09 Å². The molecule has 0 aliphatic carbocycles. The zero-order valence-corrected chi connectivity index (χ0v) is 17.7. The standard InChI is InChI=1S/C16H20N2O10S2/c1-11(19)17-12-5-6-14(28-15(20)4-3-7-27-18(22)23)13(10-12)16(21)26-8-9-29-30(2,24)25/h5-6,10H,3-4,7-9H2,1-2H3,(H,17,19). The average molecular weight is 464 g/mol. The van der Waals surface area contributed by atoms with Crippen LogP contribution in [0.1, 0.15) is 30.1 Å². The lowest BCUT2D eigenvalue weighted by Gasteiger charge is -2.12. The molecule has 0 saturated heterocycles. The first-order valence-electron chi connectivity index (χ1n) is 8.39. The third kappa shape index (κ3) is 10.6. The topological polar surface area (TPSA) is 168 Å². The molecule has 0 atom stereocenters. The number of nitrogens with one attached hydrogen (secondary N) is 1. The van der Waals surface area contributed by atoms with Crippen molar-refractivity contribution in [2.75, 3.05) is 30.5 Å². The Morgan fingerprint density at radius 1 is 1.23 bits per heavy atom. The van der Waals surface area contributed by atoms with Crippen LogP contribution >= 0.6 is 10.8 Å². The average Bonchev–Trinajstić information content (AvgIpc) is 2.62. The smallest absolute Gasteiger partial charge is 0.342 e. The molecule has 0 aromatic heterocycles. The first kappa shape index (κ1) is 25.2. The minimum atomic E-state index is -3.29. The predicted octanol–water partition coefficient (Wildman–Crippen LogP) is 1.39. The Hall–Kier alpha value is -2.87. The number of nitrogens with zero attached hydrogens (tertiary/aromatic N) is 1. The van der Waals surface area contributed by atoms with Crippen LogP contribution in [0.15, 0.2) is 18.2 Å². The highest BCUT2D eigenvalue weighted by molar-refractivity contribution is 8.71. The van der Waals surface area contributed by atoms with Crippen LogP contribution in [-0.4, -0.2) is 56.6 Å². The molecule has 0 bridgehead atoms. The number of hydrogen-bond acceptors (Lipinski definition) is 11. The summed E-state index contributed by atoms with van der Waals surface area (Å²) in [7, 11) is -2.69. The molecule has 0 saturated carbocycles. The van der Waals surface area contributed by atoms with Gasteiger partial charge in [-0.1, -0.05) is 0 Å². The van der Waals surface area contributed by atoms with Crippen molar-refractivity contribution >= 4 is 43.2 Å². The van der Waals surface area contributed by atoms with Crippen LogP contribution in [0, 0.1) is 10.1 Å². The molecule has 1 aromatic carbocycles. The highest BCUT2D eigenvalue weighted by Crippen LogP contribution is 2.25. The summed E-state index contributed by atoms with van der Waals surface area (Å²) in [5.74, 6) is -2.20. The summed E-state index contributed by atoms with van der Waals surface area (Å²) in [5.41, 5.74) is 0.0830. The van der Waals surface area contributed by atoms with Gasteiger partial charge in [0, 0.05) is 31.0 Å². The second-order valence-corrected chi connectivity index (χ2v) is 10.3. The van der Waals surface area contributed by atoms with Gasteiger partial charge < -0.3 is 19.6 Å². The molecule has 30 heavy (non-hydrogen) atoms. The Balaban J connectivity index is 2.83. The lowest BCUT2D eigenvalue weighted by atomic mass is 10.1. The lowest BCUT2D eigenvalue weighted by Crippen LogP contribution is -2.15. The highest BCUT2D eigenvalue weighted by Gasteiger charge is 2.18. The van der Waals surface area contributed by atoms with Gasteiger partial charge in [0.2, 0.25) is 5.91 Å². The van der Waals surface area contributed by atoms with Gasteiger partial charge in [-0.2, -0.15) is 0 Å². The van der Waals surface area contributed by atoms with E-state index in [-0.39, 0.29) is 48.8 Å². The fraction of sp³-hybridized carbons (Fsp3) is 0.438. The Kier molecular flexibility index (Phi) is 10.0. The van der Waals surface area contributed by atoms with Gasteiger partial charge in [0.15, 0.2) is 8.87 Å². The van der Waals surface area contributed by atoms with Gasteiger partial charge in [-0.15, -0.1) is 10.1 Å². The van der Waals surface area contributed by atoms with Crippen LogP contribution in [0.5, 0.6) is 5.75 Å². The Morgan fingerprint density at radius 2 is 1.93 bits per heavy atom. The molecule has 1 aromatic rings. The fourth-order valence-electron chi connectivity index (χ4n) is 1.99. The van der Waals surface area contributed by atoms with Gasteiger partial charge in [-0.25, -0.2) is 13.2 Å². The maximum atomic E-state index is 12.4. The molecule has 0 unspecified atom stereocenters. The molecule has 14 heteroatoms. The number of rotatable bonds is 12. The predicted molar refractivity (Wildman–Crippen MR) is 106 cm³/mol. The summed E-state index contributed by atoms with van der Waals surface area (Å²) in [4.78, 5) is 49.7. The van der Waals surface area contributed by atoms with Crippen molar-refractivity contribution in [3.8, 4) is 5.75 Å². The van der Waals surface area contributed by atoms with E-state index in [0.29, 0.717) is 10.8 Å². The van der Waals surface area contributed by atoms with E-state index in [1.165, 1.54) is 25.1 Å². The second-order valence-electron chi connectivity index (χ2n) is 5.69. The molecule has 0 aliphatic rings. The molecule has 0 radical (unpaired) electrons. The van der Waals surface area contributed by atoms with Gasteiger partial charge in [-0.3, -0.25) is 9.59 Å². The largest absolute Gasteiger partial charge is 0.461 e. The van der Waals surface area contributed by atoms with Crippen molar-refractivity contribution in [2.45, 2.75) is 19.8 Å². The SMILES string of the molecule is CC(=O)Nc1ccc(OC(=O)CCCO[N+](=O)[O-])c(C(=O)OCCSS(C)(=O)=O)c1. The van der Waals surface area contributed by atoms with Gasteiger partial charge in [0.05, 0.1) is 6.61 Å². The molecule has 0 heterocycles. The van der Waals surface area contributed by atoms with Crippen LogP contribution in [0.3, 0.4) is 0 Å². The summed E-state index contributed by atoms with van der Waals surface area (Å²) in [6, 6.07) is 3.92. The molecule has 1 N–H and O–H groups in total. The van der Waals surface area contributed by atoms with E-state index in [2.05, 4.69) is 10.2 Å². The van der Waals surface area contributed by atoms with Crippen LogP contribution < -0.4 is 10.1 Å². The number of ether oxygens (including phenoxy) is 2. The highest BCUT2D eigenvalue weighted by atomic mass is 33.1. The van der Waals surface area contributed by atoms with E-state index in [1.807, 2.05) is 0 Å². The lowest BCUT2D eigenvalue weighted by molar-refractivity contribution is -0.757. The Bertz CT molecular complexity index is 901. The summed E-state index contributed by atoms with van der Waals surface area (Å²) in [5, 5.41) is 11.6. The van der Waals surface area contributed by atoms with E-state index in [9.17, 15) is 32.9 Å². The number of hydrogen-bond donors (Lipinski definition) is 1. The number of amides is 1. The second kappa shape index (κ2) is 12.0. The van der Waals surface area contributed by atoms with Crippen LogP contribution in [0.25, 0.3) is 0 Å². The molecule has 0 spiro atoms. The number of anilines is 1. The maximum Gasteiger partial charge on any atom is 0.342 e. The number of benzene rings is 1. The normalized spacial score (nSPS) is 10.7. The molecule has 1 amide bonds. The van der Waals surface area contributed by atoms with Gasteiger partial charge >= 0.3 is 11.9 Å². The summed E-state index contributed by atoms with van der Waals surface area (Å²) >= 11 is 0. The fourth-order valence-corrected chi connectivity index (χ4v) is 3.55. The summed E-state index contributed by atoms with van der Waals surface area (Å²) < 4.78 is 32.3. The van der Waals surface area contributed by atoms with E-state index in [4.69, 9.17) is 9.47 Å². The third-order valence-electron chi connectivity index (χ3n) is 3.08. The van der Waals surface area contributed by atoms with Gasteiger partial charge in [0.1, 0.15) is 17.9 Å². The summed E-state index contributed by atoms with van der Waals surface area (Å²) in [6.45, 7) is 0.754. The monoisotopic (exact) mass is 464 g/mol. The number of esters is 2. The molecule has 0 aliphatic heterocycles. The molecule has 1 rings (SSSR count). The van der Waals surface area contributed by atoms with Crippen molar-refractivity contribution in [3.05, 3.63) is 33.9 Å². The minimum Gasteiger partial charge on any atom is -0.461 e. The minimum absolute atomic E-state index is 0.00152. The van der Waals surface area contributed by atoms with E-state index < -0.39 is 31.8 Å². The molecule has 12 nitrogen and oxygen atoms in total. The number of carbonyl (C=O) groups is 3. The first-order chi connectivity index (χ1) is 14.0. The van der Waals surface area contributed by atoms with E-state index >= 15 is 0 Å². The van der Waals surface area contributed by atoms with Crippen molar-refractivity contribution in [1.29, 1.82) is 0 Å². The van der Waals surface area contributed by atoms with Crippen LogP contribution in [0.2, 0.25) is 0 Å². The van der Waals surface area contributed by atoms with Crippen molar-refractivity contribution in [1.82, 2.24) is 0 Å². The summed E-state index contributed by atoms with van der Waals surface area (Å²) in [6.07, 6.45) is 0.831. The molecular weight excluding hydrogens is 444 g/mol. The Morgan fingerprint density at radius 3 is 2.53 bits per heavy atom.